The fraction of sp³-hybridized carbons (Fsp3) is 0. The second-order valence-electron chi connectivity index (χ2n) is 11.9. The molecule has 0 N–H and O–H groups in total. The van der Waals surface area contributed by atoms with Crippen molar-refractivity contribution < 1.29 is 4.42 Å². The molecule has 9 aromatic rings. The highest BCUT2D eigenvalue weighted by atomic mass is 16.3. The Morgan fingerprint density at radius 1 is 0.367 bits per heavy atom. The van der Waals surface area contributed by atoms with Gasteiger partial charge in [0.1, 0.15) is 16.9 Å². The molecule has 230 valence electrons. The molecule has 0 aliphatic heterocycles. The highest BCUT2D eigenvalue weighted by Crippen LogP contribution is 2.40. The second-order valence-corrected chi connectivity index (χ2v) is 11.9. The van der Waals surface area contributed by atoms with E-state index < -0.39 is 0 Å². The van der Waals surface area contributed by atoms with Crippen molar-refractivity contribution in [2.45, 2.75) is 0 Å². The van der Waals surface area contributed by atoms with Gasteiger partial charge >= 0.3 is 0 Å². The molecule has 0 bridgehead atoms. The molecule has 0 radical (unpaired) electrons. The van der Waals surface area contributed by atoms with Crippen LogP contribution in [0.25, 0.3) is 89.6 Å². The Morgan fingerprint density at radius 3 is 1.61 bits per heavy atom. The number of furan rings is 1. The monoisotopic (exact) mass is 628 g/mol. The van der Waals surface area contributed by atoms with Crippen LogP contribution in [0.15, 0.2) is 174 Å². The van der Waals surface area contributed by atoms with Crippen molar-refractivity contribution in [1.29, 1.82) is 0 Å². The molecular formula is C44H28N4O. The third kappa shape index (κ3) is 5.33. The van der Waals surface area contributed by atoms with Gasteiger partial charge in [-0.15, -0.1) is 0 Å². The number of rotatable bonds is 6. The quantitative estimate of drug-likeness (QED) is 0.183. The number of aromatic nitrogens is 4. The van der Waals surface area contributed by atoms with E-state index in [9.17, 15) is 0 Å². The summed E-state index contributed by atoms with van der Waals surface area (Å²) in [5, 5.41) is 1.97. The molecule has 0 saturated carbocycles. The summed E-state index contributed by atoms with van der Waals surface area (Å²) in [5.41, 5.74) is 10.7. The molecule has 5 heteroatoms. The zero-order chi connectivity index (χ0) is 32.6. The van der Waals surface area contributed by atoms with Gasteiger partial charge in [0.2, 0.25) is 0 Å². The maximum absolute atomic E-state index is 6.62. The van der Waals surface area contributed by atoms with Crippen LogP contribution in [0.2, 0.25) is 0 Å². The summed E-state index contributed by atoms with van der Waals surface area (Å²) in [6.45, 7) is 0. The molecule has 5 nitrogen and oxygen atoms in total. The summed E-state index contributed by atoms with van der Waals surface area (Å²) in [6.07, 6.45) is 1.87. The molecule has 0 atom stereocenters. The largest absolute Gasteiger partial charge is 0.455 e. The van der Waals surface area contributed by atoms with E-state index in [-0.39, 0.29) is 0 Å². The SMILES string of the molecule is c1ccc(-c2ccc(-c3cccc4c3oc3cccc(-c5nc(-c6ccccc6)nc(-c6ccc(-c7ccccc7)cn6)n5)c34)cc2)cc1. The predicted molar refractivity (Wildman–Crippen MR) is 198 cm³/mol. The van der Waals surface area contributed by atoms with E-state index >= 15 is 0 Å². The van der Waals surface area contributed by atoms with Crippen LogP contribution in [0.5, 0.6) is 0 Å². The number of hydrogen-bond donors (Lipinski definition) is 0. The van der Waals surface area contributed by atoms with Crippen molar-refractivity contribution in [2.75, 3.05) is 0 Å². The Bertz CT molecular complexity index is 2560. The number of pyridine rings is 1. The highest BCUT2D eigenvalue weighted by molar-refractivity contribution is 6.15. The van der Waals surface area contributed by atoms with Crippen molar-refractivity contribution in [3.63, 3.8) is 0 Å². The van der Waals surface area contributed by atoms with Gasteiger partial charge in [-0.05, 0) is 34.4 Å². The molecule has 0 saturated heterocycles. The average Bonchev–Trinajstić information content (AvgIpc) is 3.58. The van der Waals surface area contributed by atoms with Gasteiger partial charge in [-0.3, -0.25) is 4.98 Å². The van der Waals surface area contributed by atoms with Crippen molar-refractivity contribution in [1.82, 2.24) is 19.9 Å². The van der Waals surface area contributed by atoms with Crippen LogP contribution >= 0.6 is 0 Å². The fourth-order valence-electron chi connectivity index (χ4n) is 6.39. The van der Waals surface area contributed by atoms with Crippen LogP contribution in [-0.2, 0) is 0 Å². The highest BCUT2D eigenvalue weighted by Gasteiger charge is 2.20. The zero-order valence-corrected chi connectivity index (χ0v) is 26.4. The Hall–Kier alpha value is -6.72. The van der Waals surface area contributed by atoms with Gasteiger partial charge in [0.05, 0.1) is 0 Å². The Kier molecular flexibility index (Phi) is 7.06. The minimum Gasteiger partial charge on any atom is -0.455 e. The lowest BCUT2D eigenvalue weighted by Crippen LogP contribution is -2.01. The molecule has 0 fully saturated rings. The minimum absolute atomic E-state index is 0.507. The first-order valence-corrected chi connectivity index (χ1v) is 16.2. The Labute approximate surface area is 283 Å². The lowest BCUT2D eigenvalue weighted by Gasteiger charge is -2.09. The molecule has 0 aliphatic carbocycles. The normalized spacial score (nSPS) is 11.3. The third-order valence-electron chi connectivity index (χ3n) is 8.83. The van der Waals surface area contributed by atoms with Crippen LogP contribution in [0, 0.1) is 0 Å². The van der Waals surface area contributed by atoms with Gasteiger partial charge in [-0.2, -0.15) is 0 Å². The van der Waals surface area contributed by atoms with Crippen molar-refractivity contribution in [3.05, 3.63) is 170 Å². The summed E-state index contributed by atoms with van der Waals surface area (Å²) >= 11 is 0. The van der Waals surface area contributed by atoms with Gasteiger partial charge in [-0.25, -0.2) is 15.0 Å². The Balaban J connectivity index is 1.18. The number of para-hydroxylation sites is 1. The molecule has 3 heterocycles. The fourth-order valence-corrected chi connectivity index (χ4v) is 6.39. The van der Waals surface area contributed by atoms with Crippen molar-refractivity contribution in [2.24, 2.45) is 0 Å². The molecule has 0 amide bonds. The lowest BCUT2D eigenvalue weighted by molar-refractivity contribution is 0.670. The first-order chi connectivity index (χ1) is 24.3. The molecule has 9 rings (SSSR count). The molecule has 0 spiro atoms. The first kappa shape index (κ1) is 28.5. The summed E-state index contributed by atoms with van der Waals surface area (Å²) in [4.78, 5) is 19.8. The van der Waals surface area contributed by atoms with Gasteiger partial charge < -0.3 is 4.42 Å². The van der Waals surface area contributed by atoms with Crippen LogP contribution < -0.4 is 0 Å². The summed E-state index contributed by atoms with van der Waals surface area (Å²) in [6, 6.07) is 55.6. The molecule has 0 unspecified atom stereocenters. The van der Waals surface area contributed by atoms with Gasteiger partial charge in [0.25, 0.3) is 0 Å². The van der Waals surface area contributed by atoms with Gasteiger partial charge in [0.15, 0.2) is 17.5 Å². The van der Waals surface area contributed by atoms with E-state index in [1.54, 1.807) is 0 Å². The summed E-state index contributed by atoms with van der Waals surface area (Å²) in [7, 11) is 0. The zero-order valence-electron chi connectivity index (χ0n) is 26.4. The number of fused-ring (bicyclic) bond motifs is 3. The van der Waals surface area contributed by atoms with Crippen molar-refractivity contribution in [3.8, 4) is 67.7 Å². The van der Waals surface area contributed by atoms with E-state index in [2.05, 4.69) is 91.0 Å². The van der Waals surface area contributed by atoms with Crippen LogP contribution in [0.4, 0.5) is 0 Å². The summed E-state index contributed by atoms with van der Waals surface area (Å²) in [5.74, 6) is 1.65. The number of hydrogen-bond acceptors (Lipinski definition) is 5. The second kappa shape index (κ2) is 12.1. The topological polar surface area (TPSA) is 64.7 Å². The molecule has 6 aromatic carbocycles. The molecule has 0 aliphatic rings. The van der Waals surface area contributed by atoms with Gasteiger partial charge in [0, 0.05) is 39.2 Å². The first-order valence-electron chi connectivity index (χ1n) is 16.2. The number of benzene rings is 6. The minimum atomic E-state index is 0.507. The average molecular weight is 629 g/mol. The van der Waals surface area contributed by atoms with E-state index in [4.69, 9.17) is 24.4 Å². The van der Waals surface area contributed by atoms with E-state index in [1.165, 1.54) is 11.1 Å². The van der Waals surface area contributed by atoms with Gasteiger partial charge in [-0.1, -0.05) is 152 Å². The van der Waals surface area contributed by atoms with E-state index in [0.29, 0.717) is 23.2 Å². The van der Waals surface area contributed by atoms with Crippen LogP contribution in [0.1, 0.15) is 0 Å². The molecular weight excluding hydrogens is 601 g/mol. The smallest absolute Gasteiger partial charge is 0.182 e. The maximum Gasteiger partial charge on any atom is 0.182 e. The van der Waals surface area contributed by atoms with E-state index in [0.717, 1.165) is 55.3 Å². The van der Waals surface area contributed by atoms with Crippen LogP contribution in [0.3, 0.4) is 0 Å². The Morgan fingerprint density at radius 2 is 0.918 bits per heavy atom. The molecule has 3 aromatic heterocycles. The molecule has 49 heavy (non-hydrogen) atoms. The van der Waals surface area contributed by atoms with Crippen molar-refractivity contribution >= 4 is 21.9 Å². The van der Waals surface area contributed by atoms with Crippen LogP contribution in [-0.4, -0.2) is 19.9 Å². The number of nitrogens with zero attached hydrogens (tertiary/aromatic N) is 4. The standard InChI is InChI=1S/C44H28N4O/c1-4-12-29(13-5-1)31-22-24-32(25-23-31)35-18-10-19-36-40-37(20-11-21-39(40)49-41(35)36)43-46-42(33-16-8-3-9-17-33)47-44(48-43)38-27-26-34(28-45-38)30-14-6-2-7-15-30/h1-28H. The maximum atomic E-state index is 6.62. The lowest BCUT2D eigenvalue weighted by atomic mass is 9.98. The predicted octanol–water partition coefficient (Wildman–Crippen LogP) is 11.2. The summed E-state index contributed by atoms with van der Waals surface area (Å²) < 4.78 is 6.62. The van der Waals surface area contributed by atoms with E-state index in [1.807, 2.05) is 79.0 Å². The third-order valence-corrected chi connectivity index (χ3v) is 8.83.